The first-order valence-electron chi connectivity index (χ1n) is 6.19. The van der Waals surface area contributed by atoms with Crippen LogP contribution < -0.4 is 0 Å². The number of hydrogen-bond donors (Lipinski definition) is 0. The quantitative estimate of drug-likeness (QED) is 0.599. The molecule has 1 aliphatic rings. The molecule has 2 aromatic rings. The first-order valence-corrected chi connectivity index (χ1v) is 6.19. The van der Waals surface area contributed by atoms with E-state index in [1.54, 1.807) is 6.08 Å². The van der Waals surface area contributed by atoms with Gasteiger partial charge in [0.15, 0.2) is 0 Å². The number of hydrogen-bond acceptors (Lipinski definition) is 3. The maximum Gasteiger partial charge on any atom is 0.235 e. The zero-order valence-electron chi connectivity index (χ0n) is 10.6. The zero-order valence-corrected chi connectivity index (χ0v) is 10.6. The van der Waals surface area contributed by atoms with E-state index in [-0.39, 0.29) is 5.54 Å². The summed E-state index contributed by atoms with van der Waals surface area (Å²) < 4.78 is 2.07. The third-order valence-electron chi connectivity index (χ3n) is 4.08. The second-order valence-corrected chi connectivity index (χ2v) is 5.01. The lowest BCUT2D eigenvalue weighted by atomic mass is 9.72. The summed E-state index contributed by atoms with van der Waals surface area (Å²) in [5.74, 6) is 0.990. The first kappa shape index (κ1) is 11.2. The fourth-order valence-electron chi connectivity index (χ4n) is 2.66. The van der Waals surface area contributed by atoms with Crippen molar-refractivity contribution in [1.82, 2.24) is 9.55 Å². The third-order valence-corrected chi connectivity index (χ3v) is 4.08. The second-order valence-electron chi connectivity index (χ2n) is 5.01. The number of fused-ring (bicyclic) bond motifs is 1. The van der Waals surface area contributed by atoms with Gasteiger partial charge >= 0.3 is 0 Å². The lowest BCUT2D eigenvalue weighted by Crippen LogP contribution is -2.31. The van der Waals surface area contributed by atoms with Crippen molar-refractivity contribution < 1.29 is 4.79 Å². The Kier molecular flexibility index (Phi) is 2.35. The molecular formula is C14H15N3O. The van der Waals surface area contributed by atoms with Crippen molar-refractivity contribution in [3.63, 3.8) is 0 Å². The molecule has 18 heavy (non-hydrogen) atoms. The smallest absolute Gasteiger partial charge is 0.235 e. The summed E-state index contributed by atoms with van der Waals surface area (Å²) >= 11 is 0. The van der Waals surface area contributed by atoms with Crippen LogP contribution in [0.15, 0.2) is 23.2 Å². The molecule has 0 amide bonds. The number of nitrogens with zero attached hydrogens (tertiary/aromatic N) is 3. The Balaban J connectivity index is 2.18. The zero-order chi connectivity index (χ0) is 12.8. The number of carbonyl (C=O) groups excluding carboxylic acids is 1. The summed E-state index contributed by atoms with van der Waals surface area (Å²) in [6, 6.07) is 6.15. The van der Waals surface area contributed by atoms with E-state index in [0.29, 0.717) is 0 Å². The highest BCUT2D eigenvalue weighted by Gasteiger charge is 2.39. The highest BCUT2D eigenvalue weighted by atomic mass is 16.1. The van der Waals surface area contributed by atoms with Crippen molar-refractivity contribution in [3.05, 3.63) is 29.6 Å². The molecule has 1 aromatic carbocycles. The summed E-state index contributed by atoms with van der Waals surface area (Å²) in [6.07, 6.45) is 4.72. The normalized spacial score (nSPS) is 17.2. The molecule has 0 radical (unpaired) electrons. The Morgan fingerprint density at radius 3 is 2.83 bits per heavy atom. The fourth-order valence-corrected chi connectivity index (χ4v) is 2.66. The van der Waals surface area contributed by atoms with E-state index in [4.69, 9.17) is 0 Å². The molecule has 1 aliphatic carbocycles. The van der Waals surface area contributed by atoms with Gasteiger partial charge in [0.1, 0.15) is 5.82 Å². The molecule has 0 atom stereocenters. The highest BCUT2D eigenvalue weighted by molar-refractivity contribution is 5.77. The van der Waals surface area contributed by atoms with Crippen LogP contribution in [0.2, 0.25) is 0 Å². The van der Waals surface area contributed by atoms with Crippen molar-refractivity contribution in [2.24, 2.45) is 12.0 Å². The summed E-state index contributed by atoms with van der Waals surface area (Å²) in [7, 11) is 2.00. The summed E-state index contributed by atoms with van der Waals surface area (Å²) in [6.45, 7) is 1.99. The van der Waals surface area contributed by atoms with Gasteiger partial charge in [-0.1, -0.05) is 6.07 Å². The van der Waals surface area contributed by atoms with E-state index in [0.717, 1.165) is 41.7 Å². The van der Waals surface area contributed by atoms with Crippen LogP contribution in [0.1, 0.15) is 30.7 Å². The topological polar surface area (TPSA) is 47.2 Å². The van der Waals surface area contributed by atoms with E-state index in [1.165, 1.54) is 0 Å². The predicted octanol–water partition coefficient (Wildman–Crippen LogP) is 2.60. The molecule has 1 saturated carbocycles. The molecule has 0 spiro atoms. The van der Waals surface area contributed by atoms with Crippen LogP contribution in [0.25, 0.3) is 11.0 Å². The molecule has 1 aromatic heterocycles. The first-order chi connectivity index (χ1) is 8.66. The molecule has 4 heteroatoms. The second kappa shape index (κ2) is 3.79. The van der Waals surface area contributed by atoms with Crippen LogP contribution >= 0.6 is 0 Å². The van der Waals surface area contributed by atoms with E-state index in [1.807, 2.05) is 26.1 Å². The van der Waals surface area contributed by atoms with Crippen molar-refractivity contribution >= 4 is 17.1 Å². The number of imidazole rings is 1. The minimum absolute atomic E-state index is 0.325. The minimum atomic E-state index is -0.325. The van der Waals surface area contributed by atoms with Crippen LogP contribution in [0.5, 0.6) is 0 Å². The Labute approximate surface area is 105 Å². The maximum absolute atomic E-state index is 10.6. The number of benzene rings is 1. The Bertz CT molecular complexity index is 661. The van der Waals surface area contributed by atoms with Gasteiger partial charge < -0.3 is 4.57 Å². The van der Waals surface area contributed by atoms with E-state index >= 15 is 0 Å². The minimum Gasteiger partial charge on any atom is -0.331 e. The van der Waals surface area contributed by atoms with Gasteiger partial charge in [0.25, 0.3) is 0 Å². The van der Waals surface area contributed by atoms with Gasteiger partial charge in [-0.15, -0.1) is 0 Å². The van der Waals surface area contributed by atoms with Crippen LogP contribution in [0.4, 0.5) is 0 Å². The lowest BCUT2D eigenvalue weighted by Gasteiger charge is -2.37. The molecule has 1 fully saturated rings. The van der Waals surface area contributed by atoms with Crippen LogP contribution in [0, 0.1) is 6.92 Å². The SMILES string of the molecule is Cc1nc2ccc(C3(N=C=O)CCC3)cc2n1C. The monoisotopic (exact) mass is 241 g/mol. The molecule has 0 aliphatic heterocycles. The number of aryl methyl sites for hydroxylation is 2. The number of aliphatic imine (C=N–C) groups is 1. The number of rotatable bonds is 2. The number of isocyanates is 1. The maximum atomic E-state index is 10.6. The Hall–Kier alpha value is -1.93. The van der Waals surface area contributed by atoms with Gasteiger partial charge in [0, 0.05) is 7.05 Å². The highest BCUT2D eigenvalue weighted by Crippen LogP contribution is 2.45. The van der Waals surface area contributed by atoms with Gasteiger partial charge in [-0.05, 0) is 43.9 Å². The van der Waals surface area contributed by atoms with E-state index < -0.39 is 0 Å². The predicted molar refractivity (Wildman–Crippen MR) is 69.1 cm³/mol. The average molecular weight is 241 g/mol. The van der Waals surface area contributed by atoms with Gasteiger partial charge in [-0.25, -0.2) is 9.78 Å². The van der Waals surface area contributed by atoms with Crippen molar-refractivity contribution in [3.8, 4) is 0 Å². The van der Waals surface area contributed by atoms with Crippen LogP contribution in [-0.2, 0) is 17.4 Å². The summed E-state index contributed by atoms with van der Waals surface area (Å²) in [5, 5.41) is 0. The molecule has 0 bridgehead atoms. The van der Waals surface area contributed by atoms with Crippen molar-refractivity contribution in [2.45, 2.75) is 31.7 Å². The lowest BCUT2D eigenvalue weighted by molar-refractivity contribution is 0.256. The van der Waals surface area contributed by atoms with E-state index in [2.05, 4.69) is 20.6 Å². The van der Waals surface area contributed by atoms with Gasteiger partial charge in [-0.2, -0.15) is 4.99 Å². The Morgan fingerprint density at radius 1 is 1.44 bits per heavy atom. The third kappa shape index (κ3) is 1.42. The summed E-state index contributed by atoms with van der Waals surface area (Å²) in [5.41, 5.74) is 2.86. The van der Waals surface area contributed by atoms with Crippen molar-refractivity contribution in [1.29, 1.82) is 0 Å². The average Bonchev–Trinajstić information content (AvgIpc) is 2.60. The molecule has 0 unspecified atom stereocenters. The molecule has 0 saturated heterocycles. The molecule has 4 nitrogen and oxygen atoms in total. The molecule has 92 valence electrons. The van der Waals surface area contributed by atoms with E-state index in [9.17, 15) is 4.79 Å². The van der Waals surface area contributed by atoms with Crippen LogP contribution in [-0.4, -0.2) is 15.6 Å². The number of aromatic nitrogens is 2. The Morgan fingerprint density at radius 2 is 2.22 bits per heavy atom. The largest absolute Gasteiger partial charge is 0.331 e. The molecule has 0 N–H and O–H groups in total. The van der Waals surface area contributed by atoms with Gasteiger partial charge in [-0.3, -0.25) is 0 Å². The van der Waals surface area contributed by atoms with Gasteiger partial charge in [0.05, 0.1) is 16.6 Å². The van der Waals surface area contributed by atoms with Gasteiger partial charge in [0.2, 0.25) is 6.08 Å². The van der Waals surface area contributed by atoms with Crippen LogP contribution in [0.3, 0.4) is 0 Å². The summed E-state index contributed by atoms with van der Waals surface area (Å²) in [4.78, 5) is 19.1. The molecular weight excluding hydrogens is 226 g/mol. The fraction of sp³-hybridized carbons (Fsp3) is 0.429. The molecule has 3 rings (SSSR count). The standard InChI is InChI=1S/C14H15N3O/c1-10-16-12-5-4-11(8-13(12)17(10)2)14(15-9-18)6-3-7-14/h4-5,8H,3,6-7H2,1-2H3. The molecule has 1 heterocycles. The van der Waals surface area contributed by atoms with Crippen molar-refractivity contribution in [2.75, 3.05) is 0 Å².